The number of nitrogens with two attached hydrogens (primary N) is 1. The van der Waals surface area contributed by atoms with Crippen molar-refractivity contribution in [2.45, 2.75) is 13.1 Å². The Morgan fingerprint density at radius 3 is 2.59 bits per heavy atom. The van der Waals surface area contributed by atoms with E-state index in [9.17, 15) is 13.2 Å². The topological polar surface area (TPSA) is 69.6 Å². The number of nitrogens with zero attached hydrogens (tertiary/aromatic N) is 4. The fourth-order valence-electron chi connectivity index (χ4n) is 1.27. The Morgan fingerprint density at radius 1 is 1.29 bits per heavy atom. The lowest BCUT2D eigenvalue weighted by Crippen LogP contribution is -2.06. The van der Waals surface area contributed by atoms with Crippen molar-refractivity contribution in [3.05, 3.63) is 29.8 Å². The molecule has 0 unspecified atom stereocenters. The maximum atomic E-state index is 12.4. The summed E-state index contributed by atoms with van der Waals surface area (Å²) in [7, 11) is 0. The third kappa shape index (κ3) is 2.05. The molecule has 0 aromatic carbocycles. The monoisotopic (exact) mass is 243 g/mol. The van der Waals surface area contributed by atoms with Gasteiger partial charge in [0.1, 0.15) is 12.1 Å². The second-order valence-corrected chi connectivity index (χ2v) is 3.38. The van der Waals surface area contributed by atoms with Crippen molar-refractivity contribution in [1.82, 2.24) is 19.7 Å². The van der Waals surface area contributed by atoms with E-state index in [0.29, 0.717) is 5.56 Å². The minimum absolute atomic E-state index is 0.207. The van der Waals surface area contributed by atoms with E-state index in [1.54, 1.807) is 6.92 Å². The fourth-order valence-corrected chi connectivity index (χ4v) is 1.27. The number of halogens is 3. The molecular weight excluding hydrogens is 235 g/mol. The van der Waals surface area contributed by atoms with E-state index in [0.717, 1.165) is 17.1 Å². The van der Waals surface area contributed by atoms with Gasteiger partial charge in [-0.25, -0.2) is 14.6 Å². The molecule has 8 heteroatoms. The van der Waals surface area contributed by atoms with Crippen LogP contribution in [0.1, 0.15) is 11.1 Å². The largest absolute Gasteiger partial charge is 0.419 e. The van der Waals surface area contributed by atoms with E-state index >= 15 is 0 Å². The number of aromatic nitrogens is 4. The first-order chi connectivity index (χ1) is 7.89. The quantitative estimate of drug-likeness (QED) is 0.825. The zero-order chi connectivity index (χ0) is 12.6. The molecular formula is C9H8F3N5. The van der Waals surface area contributed by atoms with E-state index in [1.807, 2.05) is 0 Å². The molecule has 0 fully saturated rings. The van der Waals surface area contributed by atoms with E-state index < -0.39 is 11.7 Å². The fraction of sp³-hybridized carbons (Fsp3) is 0.222. The van der Waals surface area contributed by atoms with Crippen LogP contribution in [0.2, 0.25) is 0 Å². The van der Waals surface area contributed by atoms with E-state index in [1.165, 1.54) is 6.33 Å². The molecule has 17 heavy (non-hydrogen) atoms. The number of alkyl halides is 3. The molecule has 0 aliphatic heterocycles. The molecule has 0 atom stereocenters. The summed E-state index contributed by atoms with van der Waals surface area (Å²) in [6.07, 6.45) is -1.66. The summed E-state index contributed by atoms with van der Waals surface area (Å²) in [5, 5.41) is 3.61. The van der Waals surface area contributed by atoms with E-state index in [2.05, 4.69) is 15.1 Å². The van der Waals surface area contributed by atoms with Crippen LogP contribution in [-0.2, 0) is 6.18 Å². The normalized spacial score (nSPS) is 11.8. The molecule has 0 spiro atoms. The second kappa shape index (κ2) is 3.72. The molecule has 2 N–H and O–H groups in total. The van der Waals surface area contributed by atoms with Crippen LogP contribution < -0.4 is 5.73 Å². The lowest BCUT2D eigenvalue weighted by molar-refractivity contribution is -0.137. The Balaban J connectivity index is 2.48. The van der Waals surface area contributed by atoms with Gasteiger partial charge in [0, 0.05) is 11.8 Å². The van der Waals surface area contributed by atoms with Gasteiger partial charge in [0.25, 0.3) is 0 Å². The number of hydrogen-bond donors (Lipinski definition) is 1. The Labute approximate surface area is 94.1 Å². The molecule has 5 nitrogen and oxygen atoms in total. The molecule has 0 radical (unpaired) electrons. The summed E-state index contributed by atoms with van der Waals surface area (Å²) < 4.78 is 38.2. The summed E-state index contributed by atoms with van der Waals surface area (Å²) in [6, 6.07) is 0. The second-order valence-electron chi connectivity index (χ2n) is 3.38. The van der Waals surface area contributed by atoms with Gasteiger partial charge >= 0.3 is 6.18 Å². The molecule has 2 aromatic rings. The van der Waals surface area contributed by atoms with Crippen LogP contribution >= 0.6 is 0 Å². The van der Waals surface area contributed by atoms with E-state index in [-0.39, 0.29) is 11.6 Å². The van der Waals surface area contributed by atoms with Crippen molar-refractivity contribution in [3.8, 4) is 5.82 Å². The first kappa shape index (κ1) is 11.4. The lowest BCUT2D eigenvalue weighted by Gasteiger charge is -2.05. The highest BCUT2D eigenvalue weighted by molar-refractivity contribution is 5.46. The minimum Gasteiger partial charge on any atom is -0.383 e. The van der Waals surface area contributed by atoms with Gasteiger partial charge in [-0.2, -0.15) is 18.3 Å². The molecule has 0 saturated heterocycles. The van der Waals surface area contributed by atoms with Crippen LogP contribution in [0.5, 0.6) is 0 Å². The van der Waals surface area contributed by atoms with Crippen LogP contribution in [-0.4, -0.2) is 19.7 Å². The average molecular weight is 243 g/mol. The Hall–Kier alpha value is -2.12. The van der Waals surface area contributed by atoms with Crippen LogP contribution in [0.25, 0.3) is 5.82 Å². The highest BCUT2D eigenvalue weighted by Gasteiger charge is 2.32. The first-order valence-electron chi connectivity index (χ1n) is 4.59. The molecule has 0 amide bonds. The predicted molar refractivity (Wildman–Crippen MR) is 53.3 cm³/mol. The zero-order valence-corrected chi connectivity index (χ0v) is 8.73. The smallest absolute Gasteiger partial charge is 0.383 e. The minimum atomic E-state index is -4.43. The Kier molecular flexibility index (Phi) is 2.49. The number of hydrogen-bond acceptors (Lipinski definition) is 4. The van der Waals surface area contributed by atoms with Gasteiger partial charge in [-0.05, 0) is 6.92 Å². The SMILES string of the molecule is Cc1c(N)ncnc1-n1cc(C(F)(F)F)cn1. The Morgan fingerprint density at radius 2 is 2.00 bits per heavy atom. The van der Waals surface area contributed by atoms with Crippen LogP contribution in [0.4, 0.5) is 19.0 Å². The summed E-state index contributed by atoms with van der Waals surface area (Å²) in [5.74, 6) is 0.437. The molecule has 90 valence electrons. The summed E-state index contributed by atoms with van der Waals surface area (Å²) in [4.78, 5) is 7.57. The van der Waals surface area contributed by atoms with E-state index in [4.69, 9.17) is 5.73 Å². The van der Waals surface area contributed by atoms with Crippen LogP contribution in [0.15, 0.2) is 18.7 Å². The third-order valence-electron chi connectivity index (χ3n) is 2.22. The standard InChI is InChI=1S/C9H8F3N5/c1-5-7(13)14-4-15-8(5)17-3-6(2-16-17)9(10,11)12/h2-4H,1H3,(H2,13,14,15). The molecule has 2 aromatic heterocycles. The molecule has 0 bridgehead atoms. The van der Waals surface area contributed by atoms with Gasteiger partial charge in [0.05, 0.1) is 11.8 Å². The van der Waals surface area contributed by atoms with Crippen molar-refractivity contribution < 1.29 is 13.2 Å². The predicted octanol–water partition coefficient (Wildman–Crippen LogP) is 1.57. The molecule has 0 aliphatic rings. The summed E-state index contributed by atoms with van der Waals surface area (Å²) in [6.45, 7) is 1.61. The number of anilines is 1. The molecule has 2 rings (SSSR count). The highest BCUT2D eigenvalue weighted by atomic mass is 19.4. The average Bonchev–Trinajstić information content (AvgIpc) is 2.70. The highest BCUT2D eigenvalue weighted by Crippen LogP contribution is 2.29. The number of rotatable bonds is 1. The molecule has 0 saturated carbocycles. The van der Waals surface area contributed by atoms with Crippen molar-refractivity contribution in [2.75, 3.05) is 5.73 Å². The maximum Gasteiger partial charge on any atom is 0.419 e. The van der Waals surface area contributed by atoms with Crippen molar-refractivity contribution >= 4 is 5.82 Å². The number of nitrogen functional groups attached to an aromatic ring is 1. The van der Waals surface area contributed by atoms with Crippen LogP contribution in [0.3, 0.4) is 0 Å². The lowest BCUT2D eigenvalue weighted by atomic mass is 10.3. The van der Waals surface area contributed by atoms with Crippen LogP contribution in [0, 0.1) is 6.92 Å². The Bertz CT molecular complexity index is 546. The van der Waals surface area contributed by atoms with Gasteiger partial charge in [-0.1, -0.05) is 0 Å². The van der Waals surface area contributed by atoms with Crippen molar-refractivity contribution in [1.29, 1.82) is 0 Å². The maximum absolute atomic E-state index is 12.4. The molecule has 0 aliphatic carbocycles. The summed E-state index contributed by atoms with van der Waals surface area (Å²) >= 11 is 0. The zero-order valence-electron chi connectivity index (χ0n) is 8.73. The van der Waals surface area contributed by atoms with Gasteiger partial charge in [-0.15, -0.1) is 0 Å². The van der Waals surface area contributed by atoms with Gasteiger partial charge < -0.3 is 5.73 Å². The van der Waals surface area contributed by atoms with Gasteiger partial charge in [0.15, 0.2) is 5.82 Å². The van der Waals surface area contributed by atoms with Gasteiger partial charge in [0.2, 0.25) is 0 Å². The van der Waals surface area contributed by atoms with Crippen molar-refractivity contribution in [2.24, 2.45) is 0 Å². The summed E-state index contributed by atoms with van der Waals surface area (Å²) in [5.41, 5.74) is 5.17. The van der Waals surface area contributed by atoms with Crippen molar-refractivity contribution in [3.63, 3.8) is 0 Å². The first-order valence-corrected chi connectivity index (χ1v) is 4.59. The molecule has 2 heterocycles. The van der Waals surface area contributed by atoms with Gasteiger partial charge in [-0.3, -0.25) is 0 Å². The third-order valence-corrected chi connectivity index (χ3v) is 2.22.